The molecule has 1 fully saturated rings. The fourth-order valence-electron chi connectivity index (χ4n) is 1.46. The summed E-state index contributed by atoms with van der Waals surface area (Å²) in [6, 6.07) is 4.67. The van der Waals surface area contributed by atoms with E-state index >= 15 is 0 Å². The lowest BCUT2D eigenvalue weighted by Gasteiger charge is -2.30. The molecule has 1 aliphatic rings. The van der Waals surface area contributed by atoms with Gasteiger partial charge in [-0.1, -0.05) is 34.6 Å². The van der Waals surface area contributed by atoms with Gasteiger partial charge >= 0.3 is 46.4 Å². The molecule has 0 aliphatic carbocycles. The maximum atomic E-state index is 6.12. The molecule has 0 unspecified atom stereocenters. The second-order valence-corrected chi connectivity index (χ2v) is 15.5. The molecule has 0 amide bonds. The third-order valence-corrected chi connectivity index (χ3v) is 14.6. The summed E-state index contributed by atoms with van der Waals surface area (Å²) in [5.74, 6) is 0. The Morgan fingerprint density at radius 1 is 0.400 bits per heavy atom. The third-order valence-electron chi connectivity index (χ3n) is 2.58. The predicted octanol–water partition coefficient (Wildman–Crippen LogP) is 2.62. The summed E-state index contributed by atoms with van der Waals surface area (Å²) in [6.07, 6.45) is 0. The van der Waals surface area contributed by atoms with Crippen molar-refractivity contribution in [3.63, 3.8) is 0 Å². The van der Waals surface area contributed by atoms with Gasteiger partial charge in [0.15, 0.2) is 0 Å². The van der Waals surface area contributed by atoms with Crippen LogP contribution in [0.1, 0.15) is 34.6 Å². The standard InChI is InChI=1S/C10H25O5Si5/c1-6-16-11-17(7-2)13-19(9-4)15-20(10-5)14-18(8-3)12-16/h6-10H2,1-5H3. The molecule has 1 aliphatic heterocycles. The quantitative estimate of drug-likeness (QED) is 0.701. The van der Waals surface area contributed by atoms with Crippen molar-refractivity contribution in [3.8, 4) is 0 Å². The van der Waals surface area contributed by atoms with Gasteiger partial charge in [0.2, 0.25) is 0 Å². The van der Waals surface area contributed by atoms with Crippen LogP contribution < -0.4 is 0 Å². The van der Waals surface area contributed by atoms with Crippen molar-refractivity contribution < 1.29 is 20.6 Å². The second kappa shape index (κ2) is 10.6. The molecular weight excluding hydrogens is 341 g/mol. The van der Waals surface area contributed by atoms with Crippen molar-refractivity contribution >= 4 is 46.4 Å². The predicted molar refractivity (Wildman–Crippen MR) is 86.6 cm³/mol. The van der Waals surface area contributed by atoms with Gasteiger partial charge in [0, 0.05) is 0 Å². The van der Waals surface area contributed by atoms with E-state index in [-0.39, 0.29) is 0 Å². The molecule has 1 heterocycles. The summed E-state index contributed by atoms with van der Waals surface area (Å²) in [4.78, 5) is 0. The topological polar surface area (TPSA) is 46.2 Å². The number of rotatable bonds is 5. The van der Waals surface area contributed by atoms with Crippen LogP contribution in [-0.4, -0.2) is 46.4 Å². The molecule has 5 radical (unpaired) electrons. The Kier molecular flexibility index (Phi) is 10.0. The van der Waals surface area contributed by atoms with Gasteiger partial charge in [0.1, 0.15) is 0 Å². The monoisotopic (exact) mass is 365 g/mol. The molecule has 1 saturated heterocycles. The van der Waals surface area contributed by atoms with E-state index in [1.807, 2.05) is 0 Å². The summed E-state index contributed by atoms with van der Waals surface area (Å²) >= 11 is 0. The van der Waals surface area contributed by atoms with Gasteiger partial charge in [-0.2, -0.15) is 0 Å². The first kappa shape index (κ1) is 18.9. The molecule has 0 atom stereocenters. The zero-order valence-electron chi connectivity index (χ0n) is 13.1. The molecule has 0 spiro atoms. The van der Waals surface area contributed by atoms with Crippen LogP contribution in [0.3, 0.4) is 0 Å². The van der Waals surface area contributed by atoms with Crippen LogP contribution in [0.5, 0.6) is 0 Å². The largest absolute Gasteiger partial charge is 0.414 e. The Bertz CT molecular complexity index is 194. The molecule has 0 bridgehead atoms. The summed E-state index contributed by atoms with van der Waals surface area (Å²) in [6.45, 7) is 10.6. The first-order valence-electron chi connectivity index (χ1n) is 7.34. The molecule has 0 N–H and O–H groups in total. The highest BCUT2D eigenvalue weighted by atomic mass is 28.5. The van der Waals surface area contributed by atoms with Gasteiger partial charge in [-0.15, -0.1) is 0 Å². The highest BCUT2D eigenvalue weighted by molar-refractivity contribution is 6.74. The van der Waals surface area contributed by atoms with Gasteiger partial charge < -0.3 is 20.6 Å². The Labute approximate surface area is 132 Å². The van der Waals surface area contributed by atoms with E-state index in [0.717, 1.165) is 30.2 Å². The molecule has 0 aromatic carbocycles. The van der Waals surface area contributed by atoms with Gasteiger partial charge in [-0.25, -0.2) is 0 Å². The molecule has 115 valence electrons. The van der Waals surface area contributed by atoms with Crippen molar-refractivity contribution in [1.82, 2.24) is 0 Å². The van der Waals surface area contributed by atoms with Crippen molar-refractivity contribution in [2.75, 3.05) is 0 Å². The Balaban J connectivity index is 2.80. The highest BCUT2D eigenvalue weighted by Crippen LogP contribution is 2.15. The van der Waals surface area contributed by atoms with Gasteiger partial charge in [0.25, 0.3) is 0 Å². The highest BCUT2D eigenvalue weighted by Gasteiger charge is 2.35. The number of hydrogen-bond donors (Lipinski definition) is 0. The normalized spacial score (nSPS) is 23.2. The van der Waals surface area contributed by atoms with Gasteiger partial charge in [-0.05, 0) is 30.2 Å². The molecular formula is C10H25O5Si5. The SMILES string of the molecule is CC[Si]1O[Si](CC)O[Si](CC)O[Si](CC)O[Si](CC)O1. The lowest BCUT2D eigenvalue weighted by atomic mass is 11.0. The lowest BCUT2D eigenvalue weighted by Crippen LogP contribution is -2.47. The minimum atomic E-state index is -1.25. The van der Waals surface area contributed by atoms with Crippen LogP contribution in [-0.2, 0) is 20.6 Å². The fourth-order valence-corrected chi connectivity index (χ4v) is 15.0. The maximum Gasteiger partial charge on any atom is 0.365 e. The Morgan fingerprint density at radius 2 is 0.550 bits per heavy atom. The van der Waals surface area contributed by atoms with Crippen molar-refractivity contribution in [2.24, 2.45) is 0 Å². The molecule has 0 saturated carbocycles. The summed E-state index contributed by atoms with van der Waals surface area (Å²) in [5.41, 5.74) is 0. The zero-order valence-corrected chi connectivity index (χ0v) is 18.1. The van der Waals surface area contributed by atoms with E-state index in [9.17, 15) is 0 Å². The fraction of sp³-hybridized carbons (Fsp3) is 1.00. The lowest BCUT2D eigenvalue weighted by molar-refractivity contribution is 0.282. The first-order valence-corrected chi connectivity index (χ1v) is 15.0. The van der Waals surface area contributed by atoms with E-state index in [2.05, 4.69) is 34.6 Å². The number of hydrogen-bond acceptors (Lipinski definition) is 5. The van der Waals surface area contributed by atoms with Crippen LogP contribution in [0.25, 0.3) is 0 Å². The minimum Gasteiger partial charge on any atom is -0.414 e. The van der Waals surface area contributed by atoms with E-state index in [0.29, 0.717) is 0 Å². The smallest absolute Gasteiger partial charge is 0.365 e. The van der Waals surface area contributed by atoms with Crippen LogP contribution in [0.15, 0.2) is 0 Å². The minimum absolute atomic E-state index is 0.934. The van der Waals surface area contributed by atoms with E-state index < -0.39 is 46.4 Å². The average Bonchev–Trinajstić information content (AvgIpc) is 2.49. The Hall–Kier alpha value is 0.884. The van der Waals surface area contributed by atoms with Crippen LogP contribution >= 0.6 is 0 Å². The average molecular weight is 366 g/mol. The van der Waals surface area contributed by atoms with Crippen molar-refractivity contribution in [1.29, 1.82) is 0 Å². The van der Waals surface area contributed by atoms with Crippen LogP contribution in [0.4, 0.5) is 0 Å². The third kappa shape index (κ3) is 6.33. The van der Waals surface area contributed by atoms with Crippen molar-refractivity contribution in [2.45, 2.75) is 64.8 Å². The van der Waals surface area contributed by atoms with E-state index in [1.54, 1.807) is 0 Å². The maximum absolute atomic E-state index is 6.12. The van der Waals surface area contributed by atoms with Crippen molar-refractivity contribution in [3.05, 3.63) is 0 Å². The van der Waals surface area contributed by atoms with E-state index in [1.165, 1.54) is 0 Å². The first-order chi connectivity index (χ1) is 9.66. The second-order valence-electron chi connectivity index (χ2n) is 4.14. The molecule has 1 rings (SSSR count). The molecule has 20 heavy (non-hydrogen) atoms. The Morgan fingerprint density at radius 3 is 0.650 bits per heavy atom. The van der Waals surface area contributed by atoms with Crippen LogP contribution in [0, 0.1) is 0 Å². The zero-order chi connectivity index (χ0) is 15.0. The summed E-state index contributed by atoms with van der Waals surface area (Å²) < 4.78 is 30.6. The van der Waals surface area contributed by atoms with E-state index in [4.69, 9.17) is 20.6 Å². The van der Waals surface area contributed by atoms with Gasteiger partial charge in [0.05, 0.1) is 0 Å². The summed E-state index contributed by atoms with van der Waals surface area (Å²) in [5, 5.41) is 0. The van der Waals surface area contributed by atoms with Crippen LogP contribution in [0.2, 0.25) is 30.2 Å². The molecule has 10 heteroatoms. The molecule has 5 nitrogen and oxygen atoms in total. The molecule has 0 aromatic rings. The van der Waals surface area contributed by atoms with Gasteiger partial charge in [-0.3, -0.25) is 0 Å². The summed E-state index contributed by atoms with van der Waals surface area (Å²) in [7, 11) is -6.25. The molecule has 0 aromatic heterocycles.